The smallest absolute Gasteiger partial charge is 0.225 e. The fourth-order valence-corrected chi connectivity index (χ4v) is 2.52. The second-order valence-electron chi connectivity index (χ2n) is 7.75. The number of amides is 1. The van der Waals surface area contributed by atoms with E-state index in [1.165, 1.54) is 0 Å². The van der Waals surface area contributed by atoms with E-state index in [0.717, 1.165) is 18.7 Å². The number of hydrogen-bond acceptors (Lipinski definition) is 3. The van der Waals surface area contributed by atoms with Crippen molar-refractivity contribution < 1.29 is 4.79 Å². The van der Waals surface area contributed by atoms with Crippen LogP contribution in [0, 0.1) is 11.3 Å². The van der Waals surface area contributed by atoms with Crippen molar-refractivity contribution >= 4 is 11.7 Å². The second-order valence-corrected chi connectivity index (χ2v) is 7.75. The predicted octanol–water partition coefficient (Wildman–Crippen LogP) is 3.21. The standard InChI is InChI=1S/C17H27N3O/c1-16(2,3)15(21)19-13-10-12(13)11-17(4,5)20-14-8-6-7-9-18-14/h6-9,12-13H,10-11H2,1-5H3,(H,18,20)(H,19,21). The lowest BCUT2D eigenvalue weighted by molar-refractivity contribution is -0.128. The van der Waals surface area contributed by atoms with Gasteiger partial charge < -0.3 is 10.6 Å². The highest BCUT2D eigenvalue weighted by atomic mass is 16.2. The van der Waals surface area contributed by atoms with Crippen LogP contribution in [-0.4, -0.2) is 22.5 Å². The minimum atomic E-state index is -0.311. The number of carbonyl (C=O) groups excluding carboxylic acids is 1. The van der Waals surface area contributed by atoms with Crippen LogP contribution in [0.4, 0.5) is 5.82 Å². The van der Waals surface area contributed by atoms with Gasteiger partial charge in [-0.2, -0.15) is 0 Å². The number of carbonyl (C=O) groups is 1. The molecule has 0 aliphatic heterocycles. The molecule has 1 aliphatic carbocycles. The molecule has 0 aromatic carbocycles. The average Bonchev–Trinajstić information content (AvgIpc) is 3.05. The van der Waals surface area contributed by atoms with Gasteiger partial charge in [-0.25, -0.2) is 4.98 Å². The van der Waals surface area contributed by atoms with Gasteiger partial charge in [0.2, 0.25) is 5.91 Å². The van der Waals surface area contributed by atoms with Gasteiger partial charge in [0, 0.05) is 23.2 Å². The summed E-state index contributed by atoms with van der Waals surface area (Å²) in [7, 11) is 0. The van der Waals surface area contributed by atoms with Crippen molar-refractivity contribution in [3.8, 4) is 0 Å². The summed E-state index contributed by atoms with van der Waals surface area (Å²) in [4.78, 5) is 16.3. The van der Waals surface area contributed by atoms with Crippen LogP contribution in [0.25, 0.3) is 0 Å². The van der Waals surface area contributed by atoms with E-state index in [0.29, 0.717) is 12.0 Å². The number of rotatable bonds is 5. The Labute approximate surface area is 127 Å². The number of pyridine rings is 1. The topological polar surface area (TPSA) is 54.0 Å². The van der Waals surface area contributed by atoms with Crippen molar-refractivity contribution in [1.82, 2.24) is 10.3 Å². The lowest BCUT2D eigenvalue weighted by Gasteiger charge is -2.27. The van der Waals surface area contributed by atoms with Gasteiger partial charge in [0.25, 0.3) is 0 Å². The Bertz CT molecular complexity index is 491. The molecule has 116 valence electrons. The number of anilines is 1. The van der Waals surface area contributed by atoms with Crippen molar-refractivity contribution in [3.05, 3.63) is 24.4 Å². The van der Waals surface area contributed by atoms with Gasteiger partial charge in [-0.1, -0.05) is 26.8 Å². The summed E-state index contributed by atoms with van der Waals surface area (Å²) >= 11 is 0. The average molecular weight is 289 g/mol. The summed E-state index contributed by atoms with van der Waals surface area (Å²) in [6, 6.07) is 6.21. The van der Waals surface area contributed by atoms with E-state index in [9.17, 15) is 4.79 Å². The Morgan fingerprint density at radius 1 is 1.29 bits per heavy atom. The summed E-state index contributed by atoms with van der Waals surface area (Å²) in [5.74, 6) is 1.60. The van der Waals surface area contributed by atoms with Crippen molar-refractivity contribution in [2.75, 3.05) is 5.32 Å². The first kappa shape index (κ1) is 15.8. The van der Waals surface area contributed by atoms with Crippen molar-refractivity contribution in [2.24, 2.45) is 11.3 Å². The quantitative estimate of drug-likeness (QED) is 0.875. The molecule has 2 atom stereocenters. The van der Waals surface area contributed by atoms with Crippen molar-refractivity contribution in [1.29, 1.82) is 0 Å². The first-order chi connectivity index (χ1) is 9.67. The number of aromatic nitrogens is 1. The molecular formula is C17H27N3O. The van der Waals surface area contributed by atoms with E-state index < -0.39 is 0 Å². The zero-order valence-corrected chi connectivity index (χ0v) is 13.7. The Morgan fingerprint density at radius 2 is 2.00 bits per heavy atom. The lowest BCUT2D eigenvalue weighted by Crippen LogP contribution is -2.38. The first-order valence-electron chi connectivity index (χ1n) is 7.67. The Balaban J connectivity index is 1.82. The van der Waals surface area contributed by atoms with Gasteiger partial charge in [-0.3, -0.25) is 4.79 Å². The fourth-order valence-electron chi connectivity index (χ4n) is 2.52. The monoisotopic (exact) mass is 289 g/mol. The summed E-state index contributed by atoms with van der Waals surface area (Å²) in [5.41, 5.74) is -0.338. The van der Waals surface area contributed by atoms with E-state index in [-0.39, 0.29) is 16.9 Å². The van der Waals surface area contributed by atoms with Crippen LogP contribution >= 0.6 is 0 Å². The van der Waals surface area contributed by atoms with Gasteiger partial charge in [0.15, 0.2) is 0 Å². The molecule has 1 aromatic heterocycles. The number of hydrogen-bond donors (Lipinski definition) is 2. The summed E-state index contributed by atoms with van der Waals surface area (Å²) in [6.07, 6.45) is 3.90. The van der Waals surface area contributed by atoms with E-state index in [1.54, 1.807) is 6.20 Å². The minimum absolute atomic E-state index is 0.0275. The third kappa shape index (κ3) is 4.73. The molecule has 2 N–H and O–H groups in total. The summed E-state index contributed by atoms with van der Waals surface area (Å²) < 4.78 is 0. The predicted molar refractivity (Wildman–Crippen MR) is 86.0 cm³/mol. The van der Waals surface area contributed by atoms with Crippen LogP contribution in [0.3, 0.4) is 0 Å². The molecule has 2 unspecified atom stereocenters. The molecule has 1 amide bonds. The summed E-state index contributed by atoms with van der Waals surface area (Å²) in [6.45, 7) is 10.2. The Hall–Kier alpha value is -1.58. The molecule has 0 radical (unpaired) electrons. The van der Waals surface area contributed by atoms with Crippen molar-refractivity contribution in [3.63, 3.8) is 0 Å². The molecule has 0 spiro atoms. The molecule has 21 heavy (non-hydrogen) atoms. The van der Waals surface area contributed by atoms with Gasteiger partial charge in [0.1, 0.15) is 5.82 Å². The number of nitrogens with one attached hydrogen (secondary N) is 2. The lowest BCUT2D eigenvalue weighted by atomic mass is 9.95. The molecule has 1 fully saturated rings. The fraction of sp³-hybridized carbons (Fsp3) is 0.647. The van der Waals surface area contributed by atoms with Crippen LogP contribution in [-0.2, 0) is 4.79 Å². The van der Waals surface area contributed by atoms with Crippen molar-refractivity contribution in [2.45, 2.75) is 59.0 Å². The SMILES string of the molecule is CC(C)(CC1CC1NC(=O)C(C)(C)C)Nc1ccccn1. The molecule has 0 saturated heterocycles. The largest absolute Gasteiger partial charge is 0.365 e. The maximum absolute atomic E-state index is 12.0. The third-order valence-corrected chi connectivity index (χ3v) is 3.82. The first-order valence-corrected chi connectivity index (χ1v) is 7.67. The van der Waals surface area contributed by atoms with Crippen LogP contribution in [0.5, 0.6) is 0 Å². The van der Waals surface area contributed by atoms with Crippen LogP contribution < -0.4 is 10.6 Å². The molecule has 1 saturated carbocycles. The van der Waals surface area contributed by atoms with Crippen LogP contribution in [0.15, 0.2) is 24.4 Å². The van der Waals surface area contributed by atoms with Gasteiger partial charge >= 0.3 is 0 Å². The Morgan fingerprint density at radius 3 is 2.57 bits per heavy atom. The molecular weight excluding hydrogens is 262 g/mol. The van der Waals surface area contributed by atoms with Gasteiger partial charge in [0.05, 0.1) is 0 Å². The zero-order valence-electron chi connectivity index (χ0n) is 13.7. The second kappa shape index (κ2) is 5.66. The molecule has 4 nitrogen and oxygen atoms in total. The highest BCUT2D eigenvalue weighted by Gasteiger charge is 2.42. The van der Waals surface area contributed by atoms with E-state index in [1.807, 2.05) is 39.0 Å². The zero-order chi connectivity index (χ0) is 15.7. The van der Waals surface area contributed by atoms with Gasteiger partial charge in [-0.15, -0.1) is 0 Å². The Kier molecular flexibility index (Phi) is 4.26. The molecule has 2 rings (SSSR count). The van der Waals surface area contributed by atoms with Crippen LogP contribution in [0.2, 0.25) is 0 Å². The minimum Gasteiger partial charge on any atom is -0.365 e. The highest BCUT2D eigenvalue weighted by molar-refractivity contribution is 5.81. The molecule has 1 heterocycles. The van der Waals surface area contributed by atoms with E-state index >= 15 is 0 Å². The molecule has 1 aliphatic rings. The maximum Gasteiger partial charge on any atom is 0.225 e. The number of nitrogens with zero attached hydrogens (tertiary/aromatic N) is 1. The van der Waals surface area contributed by atoms with Crippen LogP contribution in [0.1, 0.15) is 47.5 Å². The maximum atomic E-state index is 12.0. The summed E-state index contributed by atoms with van der Waals surface area (Å²) in [5, 5.41) is 6.62. The molecule has 0 bridgehead atoms. The highest BCUT2D eigenvalue weighted by Crippen LogP contribution is 2.38. The van der Waals surface area contributed by atoms with Gasteiger partial charge in [-0.05, 0) is 44.7 Å². The molecule has 4 heteroatoms. The van der Waals surface area contributed by atoms with E-state index in [2.05, 4.69) is 29.5 Å². The third-order valence-electron chi connectivity index (χ3n) is 3.82. The van der Waals surface area contributed by atoms with E-state index in [4.69, 9.17) is 0 Å². The normalized spacial score (nSPS) is 21.8. The molecule has 1 aromatic rings.